The highest BCUT2D eigenvalue weighted by Gasteiger charge is 2.30. The first kappa shape index (κ1) is 16.4. The van der Waals surface area contributed by atoms with Crippen LogP contribution in [0.25, 0.3) is 5.69 Å². The minimum Gasteiger partial charge on any atom is -0.302 e. The summed E-state index contributed by atoms with van der Waals surface area (Å²) in [6.45, 7) is 0.726. The third kappa shape index (κ3) is 3.73. The third-order valence-electron chi connectivity index (χ3n) is 4.22. The molecule has 0 bridgehead atoms. The van der Waals surface area contributed by atoms with Gasteiger partial charge in [0.1, 0.15) is 12.2 Å². The van der Waals surface area contributed by atoms with Crippen LogP contribution in [0.1, 0.15) is 12.2 Å². The van der Waals surface area contributed by atoms with Crippen LogP contribution in [0.4, 0.5) is 0 Å². The van der Waals surface area contributed by atoms with Gasteiger partial charge < -0.3 is 4.90 Å². The molecular formula is C15H19ClN4O2S. The maximum absolute atomic E-state index is 11.6. The monoisotopic (exact) mass is 354 g/mol. The summed E-state index contributed by atoms with van der Waals surface area (Å²) in [5.41, 5.74) is 0.799. The Hall–Kier alpha value is -1.44. The summed E-state index contributed by atoms with van der Waals surface area (Å²) in [5, 5.41) is 4.87. The summed E-state index contributed by atoms with van der Waals surface area (Å²) in [7, 11) is -0.902. The van der Waals surface area contributed by atoms with E-state index in [1.54, 1.807) is 4.68 Å². The number of rotatable bonds is 5. The summed E-state index contributed by atoms with van der Waals surface area (Å²) in [6.07, 6.45) is 2.90. The second kappa shape index (κ2) is 6.59. The normalized spacial score (nSPS) is 20.2. The Labute approximate surface area is 141 Å². The van der Waals surface area contributed by atoms with Crippen LogP contribution in [0.2, 0.25) is 5.02 Å². The van der Waals surface area contributed by atoms with E-state index in [9.17, 15) is 8.42 Å². The zero-order chi connectivity index (χ0) is 16.4. The number of aromatic nitrogens is 3. The van der Waals surface area contributed by atoms with Gasteiger partial charge in [-0.1, -0.05) is 23.7 Å². The van der Waals surface area contributed by atoms with E-state index in [0.717, 1.165) is 18.1 Å². The van der Waals surface area contributed by atoms with Crippen molar-refractivity contribution in [3.63, 3.8) is 0 Å². The van der Waals surface area contributed by atoms with Gasteiger partial charge in [-0.15, -0.1) is 0 Å². The Morgan fingerprint density at radius 1 is 1.39 bits per heavy atom. The molecule has 1 saturated heterocycles. The van der Waals surface area contributed by atoms with Crippen molar-refractivity contribution < 1.29 is 8.42 Å². The second-order valence-corrected chi connectivity index (χ2v) is 8.46. The van der Waals surface area contributed by atoms with Crippen molar-refractivity contribution in [3.8, 4) is 5.69 Å². The van der Waals surface area contributed by atoms with Gasteiger partial charge in [0, 0.05) is 19.0 Å². The van der Waals surface area contributed by atoms with Crippen molar-refractivity contribution in [2.75, 3.05) is 25.1 Å². The minimum atomic E-state index is -2.86. The molecule has 1 atom stereocenters. The lowest BCUT2D eigenvalue weighted by Crippen LogP contribution is -2.34. The Balaban J connectivity index is 1.68. The van der Waals surface area contributed by atoms with Gasteiger partial charge in [0.15, 0.2) is 9.84 Å². The Kier molecular flexibility index (Phi) is 4.70. The summed E-state index contributed by atoms with van der Waals surface area (Å²) < 4.78 is 24.9. The predicted molar refractivity (Wildman–Crippen MR) is 89.8 cm³/mol. The summed E-state index contributed by atoms with van der Waals surface area (Å²) in [5.74, 6) is 1.35. The smallest absolute Gasteiger partial charge is 0.151 e. The molecule has 0 saturated carbocycles. The van der Waals surface area contributed by atoms with Crippen molar-refractivity contribution in [1.82, 2.24) is 19.7 Å². The number of benzene rings is 1. The standard InChI is InChI=1S/C15H19ClN4O2S/c1-19(12-7-9-23(21,22)10-12)8-6-15-17-11-18-20(15)14-5-3-2-4-13(14)16/h2-5,11-12H,6-10H2,1H3/t12-/m1/s1. The average Bonchev–Trinajstić information content (AvgIpc) is 3.11. The van der Waals surface area contributed by atoms with E-state index in [1.165, 1.54) is 6.33 Å². The Morgan fingerprint density at radius 3 is 2.87 bits per heavy atom. The number of hydrogen-bond acceptors (Lipinski definition) is 5. The largest absolute Gasteiger partial charge is 0.302 e. The lowest BCUT2D eigenvalue weighted by molar-refractivity contribution is 0.263. The number of likely N-dealkylation sites (N-methyl/N-ethyl adjacent to an activating group) is 1. The van der Waals surface area contributed by atoms with E-state index < -0.39 is 9.84 Å². The molecular weight excluding hydrogens is 336 g/mol. The molecule has 0 radical (unpaired) electrons. The van der Waals surface area contributed by atoms with Crippen molar-refractivity contribution >= 4 is 21.4 Å². The van der Waals surface area contributed by atoms with Gasteiger partial charge in [-0.05, 0) is 25.6 Å². The van der Waals surface area contributed by atoms with Crippen LogP contribution in [0, 0.1) is 0 Å². The zero-order valence-corrected chi connectivity index (χ0v) is 14.5. The Morgan fingerprint density at radius 2 is 2.17 bits per heavy atom. The molecule has 2 aromatic rings. The number of para-hydroxylation sites is 1. The molecule has 6 nitrogen and oxygen atoms in total. The first-order valence-electron chi connectivity index (χ1n) is 7.51. The molecule has 2 heterocycles. The molecule has 1 aromatic carbocycles. The lowest BCUT2D eigenvalue weighted by Gasteiger charge is -2.22. The van der Waals surface area contributed by atoms with Crippen molar-refractivity contribution in [2.45, 2.75) is 18.9 Å². The van der Waals surface area contributed by atoms with Crippen LogP contribution >= 0.6 is 11.6 Å². The first-order valence-corrected chi connectivity index (χ1v) is 9.71. The van der Waals surface area contributed by atoms with Crippen LogP contribution in [0.15, 0.2) is 30.6 Å². The molecule has 0 N–H and O–H groups in total. The molecule has 0 unspecified atom stereocenters. The van der Waals surface area contributed by atoms with Crippen molar-refractivity contribution in [2.24, 2.45) is 0 Å². The third-order valence-corrected chi connectivity index (χ3v) is 6.29. The fraction of sp³-hybridized carbons (Fsp3) is 0.467. The molecule has 0 spiro atoms. The summed E-state index contributed by atoms with van der Waals surface area (Å²) in [4.78, 5) is 6.40. The van der Waals surface area contributed by atoms with Gasteiger partial charge in [0.2, 0.25) is 0 Å². The molecule has 0 amide bonds. The van der Waals surface area contributed by atoms with Crippen molar-refractivity contribution in [1.29, 1.82) is 0 Å². The topological polar surface area (TPSA) is 68.1 Å². The highest BCUT2D eigenvalue weighted by molar-refractivity contribution is 7.91. The van der Waals surface area contributed by atoms with Gasteiger partial charge >= 0.3 is 0 Å². The molecule has 1 fully saturated rings. The highest BCUT2D eigenvalue weighted by atomic mass is 35.5. The average molecular weight is 355 g/mol. The SMILES string of the molecule is CN(CCc1ncnn1-c1ccccc1Cl)[C@@H]1CCS(=O)(=O)C1. The molecule has 1 aliphatic heterocycles. The Bertz CT molecular complexity index is 790. The van der Waals surface area contributed by atoms with E-state index in [1.807, 2.05) is 31.3 Å². The van der Waals surface area contributed by atoms with Gasteiger partial charge in [-0.3, -0.25) is 0 Å². The molecule has 8 heteroatoms. The number of hydrogen-bond donors (Lipinski definition) is 0. The summed E-state index contributed by atoms with van der Waals surface area (Å²) in [6, 6.07) is 7.58. The van der Waals surface area contributed by atoms with E-state index in [2.05, 4.69) is 15.0 Å². The summed E-state index contributed by atoms with van der Waals surface area (Å²) >= 11 is 6.22. The fourth-order valence-corrected chi connectivity index (χ4v) is 4.86. The van der Waals surface area contributed by atoms with Crippen LogP contribution < -0.4 is 0 Å². The lowest BCUT2D eigenvalue weighted by atomic mass is 10.2. The van der Waals surface area contributed by atoms with E-state index in [0.29, 0.717) is 17.9 Å². The first-order chi connectivity index (χ1) is 11.0. The molecule has 23 heavy (non-hydrogen) atoms. The van der Waals surface area contributed by atoms with Gasteiger partial charge in [0.25, 0.3) is 0 Å². The van der Waals surface area contributed by atoms with Crippen molar-refractivity contribution in [3.05, 3.63) is 41.4 Å². The fourth-order valence-electron chi connectivity index (χ4n) is 2.84. The quantitative estimate of drug-likeness (QED) is 0.815. The van der Waals surface area contributed by atoms with E-state index in [-0.39, 0.29) is 17.5 Å². The van der Waals surface area contributed by atoms with Gasteiger partial charge in [-0.25, -0.2) is 18.1 Å². The van der Waals surface area contributed by atoms with Crippen LogP contribution in [-0.2, 0) is 16.3 Å². The minimum absolute atomic E-state index is 0.0942. The number of sulfone groups is 1. The van der Waals surface area contributed by atoms with E-state index >= 15 is 0 Å². The maximum Gasteiger partial charge on any atom is 0.151 e. The predicted octanol–water partition coefficient (Wildman–Crippen LogP) is 1.58. The number of nitrogens with zero attached hydrogens (tertiary/aromatic N) is 4. The second-order valence-electron chi connectivity index (χ2n) is 5.83. The van der Waals surface area contributed by atoms with Crippen LogP contribution in [0.3, 0.4) is 0 Å². The zero-order valence-electron chi connectivity index (χ0n) is 12.9. The van der Waals surface area contributed by atoms with Gasteiger partial charge in [0.05, 0.1) is 22.2 Å². The van der Waals surface area contributed by atoms with Gasteiger partial charge in [-0.2, -0.15) is 5.10 Å². The number of halogens is 1. The maximum atomic E-state index is 11.6. The molecule has 1 aliphatic rings. The van der Waals surface area contributed by atoms with E-state index in [4.69, 9.17) is 11.6 Å². The van der Waals surface area contributed by atoms with Crippen LogP contribution in [0.5, 0.6) is 0 Å². The molecule has 1 aromatic heterocycles. The highest BCUT2D eigenvalue weighted by Crippen LogP contribution is 2.21. The molecule has 0 aliphatic carbocycles. The molecule has 3 rings (SSSR count). The van der Waals surface area contributed by atoms with Crippen LogP contribution in [-0.4, -0.2) is 59.2 Å². The molecule has 124 valence electrons.